The highest BCUT2D eigenvalue weighted by atomic mass is 31.2. The highest BCUT2D eigenvalue weighted by molar-refractivity contribution is 7.47. The molecule has 0 rings (SSSR count). The van der Waals surface area contributed by atoms with Crippen molar-refractivity contribution in [3.05, 3.63) is 22.8 Å². The summed E-state index contributed by atoms with van der Waals surface area (Å²) in [4.78, 5) is 6.76. The predicted octanol–water partition coefficient (Wildman–Crippen LogP) is 8.93. The van der Waals surface area contributed by atoms with Crippen molar-refractivity contribution in [1.82, 2.24) is 18.7 Å². The lowest BCUT2D eigenvalue weighted by molar-refractivity contribution is 0.133. The molecule has 14 nitrogen and oxygen atoms in total. The molecule has 17 heteroatoms. The van der Waals surface area contributed by atoms with Gasteiger partial charge in [0.25, 0.3) is 17.1 Å². The van der Waals surface area contributed by atoms with Gasteiger partial charge in [0.1, 0.15) is 13.2 Å². The fourth-order valence-corrected chi connectivity index (χ4v) is 10.7. The van der Waals surface area contributed by atoms with E-state index in [1.807, 2.05) is 0 Å². The summed E-state index contributed by atoms with van der Waals surface area (Å²) in [5, 5.41) is 24.1. The van der Waals surface area contributed by atoms with Crippen LogP contribution in [0, 0.1) is 24.5 Å². The van der Waals surface area contributed by atoms with E-state index < -0.39 is 25.5 Å². The molecule has 2 N–H and O–H groups in total. The Labute approximate surface area is 335 Å². The molecular formula is C37H78N7O7P3. The normalized spacial score (nSPS) is 13.1. The van der Waals surface area contributed by atoms with E-state index in [2.05, 4.69) is 145 Å². The molecule has 0 heterocycles. The monoisotopic (exact) mass is 826 g/mol. The molecule has 2 atom stereocenters. The van der Waals surface area contributed by atoms with Gasteiger partial charge in [0.05, 0.1) is 45.5 Å². The highest BCUT2D eigenvalue weighted by Crippen LogP contribution is 2.51. The van der Waals surface area contributed by atoms with Crippen molar-refractivity contribution in [2.45, 2.75) is 166 Å². The quantitative estimate of drug-likeness (QED) is 0.0466. The summed E-state index contributed by atoms with van der Waals surface area (Å²) in [6.07, 6.45) is 0.334. The zero-order valence-electron chi connectivity index (χ0n) is 36.6. The molecule has 54 heavy (non-hydrogen) atoms. The maximum atomic E-state index is 8.81. The van der Waals surface area contributed by atoms with Gasteiger partial charge in [-0.3, -0.25) is 0 Å². The van der Waals surface area contributed by atoms with Crippen LogP contribution in [0.1, 0.15) is 117 Å². The van der Waals surface area contributed by atoms with E-state index in [9.17, 15) is 0 Å². The molecule has 2 unspecified atom stereocenters. The first-order chi connectivity index (χ1) is 25.3. The van der Waals surface area contributed by atoms with Crippen molar-refractivity contribution in [1.29, 1.82) is 5.26 Å². The summed E-state index contributed by atoms with van der Waals surface area (Å²) in [6.45, 7) is 50.9. The van der Waals surface area contributed by atoms with Gasteiger partial charge in [-0.2, -0.15) is 5.26 Å². The number of nitriles is 1. The fourth-order valence-electron chi connectivity index (χ4n) is 5.26. The van der Waals surface area contributed by atoms with Crippen LogP contribution in [-0.4, -0.2) is 137 Å². The molecule has 0 radical (unpaired) electrons. The van der Waals surface area contributed by atoms with Gasteiger partial charge in [-0.25, -0.2) is 31.8 Å². The summed E-state index contributed by atoms with van der Waals surface area (Å²) in [5.41, 5.74) is 0. The molecule has 0 aromatic heterocycles. The van der Waals surface area contributed by atoms with Crippen molar-refractivity contribution < 1.29 is 32.8 Å². The third kappa shape index (κ3) is 26.3. The molecule has 0 amide bonds. The second kappa shape index (κ2) is 35.5. The topological polar surface area (TPSA) is 132 Å². The predicted molar refractivity (Wildman–Crippen MR) is 226 cm³/mol. The van der Waals surface area contributed by atoms with E-state index in [-0.39, 0.29) is 37.4 Å². The lowest BCUT2D eigenvalue weighted by Gasteiger charge is -2.45. The summed E-state index contributed by atoms with van der Waals surface area (Å²) in [6, 6.07) is 4.83. The Balaban J connectivity index is -0.000000932. The Morgan fingerprint density at radius 3 is 1.02 bits per heavy atom. The Bertz CT molecular complexity index is 910. The zero-order valence-corrected chi connectivity index (χ0v) is 39.3. The third-order valence-electron chi connectivity index (χ3n) is 6.82. The Morgan fingerprint density at radius 1 is 0.481 bits per heavy atom. The lowest BCUT2D eigenvalue weighted by Crippen LogP contribution is -2.43. The van der Waals surface area contributed by atoms with Gasteiger partial charge < -0.3 is 42.5 Å². The summed E-state index contributed by atoms with van der Waals surface area (Å²) in [7, 11) is -3.40. The molecule has 0 aliphatic carbocycles. The summed E-state index contributed by atoms with van der Waals surface area (Å²) < 4.78 is 39.4. The largest absolute Gasteiger partial charge is 0.394 e. The molecule has 0 saturated heterocycles. The van der Waals surface area contributed by atoms with Crippen LogP contribution >= 0.6 is 25.5 Å². The van der Waals surface area contributed by atoms with E-state index in [1.165, 1.54) is 0 Å². The maximum absolute atomic E-state index is 8.81. The number of hydrogen-bond donors (Lipinski definition) is 2. The van der Waals surface area contributed by atoms with Gasteiger partial charge >= 0.3 is 0 Å². The van der Waals surface area contributed by atoms with Crippen molar-refractivity contribution >= 4 is 25.5 Å². The average Bonchev–Trinajstić information content (AvgIpc) is 3.05. The molecule has 0 aromatic carbocycles. The smallest absolute Gasteiger partial charge is 0.259 e. The number of hydrogen-bond acceptors (Lipinski definition) is 12. The Kier molecular flexibility index (Phi) is 37.9. The average molecular weight is 826 g/mol. The SMILES string of the molecule is OCCO.[C-]#[N+]CCOP(N(C(C)C)C(C)C)N(C(C)C)C(C)C.[C-]#[N+]CCOP(OCCOP(OCCC#N)N(C(C)C)C(C)C)N(C(C)C)C(C)C. The second-order valence-electron chi connectivity index (χ2n) is 14.3. The van der Waals surface area contributed by atoms with E-state index in [0.29, 0.717) is 76.7 Å². The second-order valence-corrected chi connectivity index (χ2v) is 18.9. The van der Waals surface area contributed by atoms with Crippen molar-refractivity contribution in [2.24, 2.45) is 0 Å². The molecule has 0 aromatic rings. The van der Waals surface area contributed by atoms with E-state index in [0.717, 1.165) is 0 Å². The van der Waals surface area contributed by atoms with Crippen LogP contribution in [-0.2, 0) is 22.6 Å². The first-order valence-electron chi connectivity index (χ1n) is 19.2. The molecule has 0 spiro atoms. The number of rotatable bonds is 27. The minimum atomic E-state index is -1.28. The fraction of sp³-hybridized carbons (Fsp3) is 0.919. The molecular weight excluding hydrogens is 747 g/mol. The van der Waals surface area contributed by atoms with Crippen LogP contribution < -0.4 is 0 Å². The van der Waals surface area contributed by atoms with Crippen molar-refractivity contribution in [3.63, 3.8) is 0 Å². The van der Waals surface area contributed by atoms with E-state index in [1.54, 1.807) is 0 Å². The van der Waals surface area contributed by atoms with Gasteiger partial charge in [0.15, 0.2) is 8.45 Å². The van der Waals surface area contributed by atoms with Gasteiger partial charge in [-0.05, 0) is 111 Å². The third-order valence-corrected chi connectivity index (χ3v) is 14.1. The van der Waals surface area contributed by atoms with Crippen LogP contribution in [0.3, 0.4) is 0 Å². The molecule has 318 valence electrons. The zero-order chi connectivity index (χ0) is 42.4. The number of aliphatic hydroxyl groups is 2. The van der Waals surface area contributed by atoms with Crippen LogP contribution in [0.25, 0.3) is 9.69 Å². The van der Waals surface area contributed by atoms with Crippen LogP contribution in [0.15, 0.2) is 0 Å². The van der Waals surface area contributed by atoms with Crippen LogP contribution in [0.4, 0.5) is 0 Å². The summed E-state index contributed by atoms with van der Waals surface area (Å²) >= 11 is 0. The highest BCUT2D eigenvalue weighted by Gasteiger charge is 2.34. The molecule has 0 aliphatic heterocycles. The van der Waals surface area contributed by atoms with Gasteiger partial charge in [0, 0.05) is 48.3 Å². The Hall–Kier alpha value is -0.680. The first kappa shape index (κ1) is 57.6. The van der Waals surface area contributed by atoms with Crippen molar-refractivity contribution in [3.8, 4) is 6.07 Å². The number of aliphatic hydroxyl groups excluding tert-OH is 2. The summed E-state index contributed by atoms with van der Waals surface area (Å²) in [5.74, 6) is 0. The molecule has 0 bridgehead atoms. The van der Waals surface area contributed by atoms with Crippen LogP contribution in [0.5, 0.6) is 0 Å². The minimum absolute atomic E-state index is 0.125. The van der Waals surface area contributed by atoms with Gasteiger partial charge in [0.2, 0.25) is 13.1 Å². The first-order valence-corrected chi connectivity index (χ1v) is 22.7. The molecule has 0 fully saturated rings. The lowest BCUT2D eigenvalue weighted by atomic mass is 10.3. The van der Waals surface area contributed by atoms with Gasteiger partial charge in [-0.1, -0.05) is 0 Å². The van der Waals surface area contributed by atoms with E-state index in [4.69, 9.17) is 51.2 Å². The standard InChI is InChI=1S/C20H40N4O4P2.C15H32N3OP.C2H6O2/c1-17(2)23(18(3)4)29(25-13-10-11-21)27-15-16-28-30(26-14-12-22-9)24(19(5)6)20(7)8;1-12(2)17(13(3)4)20(19-11-10-16-9)18(14(5)6)15(7)8;3-1-2-4/h17-20H,10,12-16H2,1-8H3;12-15H,10-11H2,1-8H3;3-4H,1-2H2. The van der Waals surface area contributed by atoms with Crippen LogP contribution in [0.2, 0.25) is 0 Å². The molecule has 0 saturated carbocycles. The maximum Gasteiger partial charge on any atom is 0.259 e. The minimum Gasteiger partial charge on any atom is -0.394 e. The molecule has 0 aliphatic rings. The Morgan fingerprint density at radius 2 is 0.759 bits per heavy atom. The van der Waals surface area contributed by atoms with Crippen molar-refractivity contribution in [2.75, 3.05) is 59.3 Å². The van der Waals surface area contributed by atoms with E-state index >= 15 is 0 Å². The van der Waals surface area contributed by atoms with Gasteiger partial charge in [-0.15, -0.1) is 0 Å². The number of nitrogens with zero attached hydrogens (tertiary/aromatic N) is 7.